The van der Waals surface area contributed by atoms with Gasteiger partial charge < -0.3 is 10.1 Å². The molecule has 0 spiro atoms. The van der Waals surface area contributed by atoms with Crippen molar-refractivity contribution in [3.8, 4) is 0 Å². The molecule has 0 heterocycles. The highest BCUT2D eigenvalue weighted by molar-refractivity contribution is 5.91. The zero-order valence-corrected chi connectivity index (χ0v) is 12.2. The minimum Gasteiger partial charge on any atom is -0.452 e. The molecule has 7 nitrogen and oxygen atoms in total. The SMILES string of the molecule is CC(C)[C@@H](C)NC(=O)COC(=O)c1ccc([N+](=O)[O-])cc1. The highest BCUT2D eigenvalue weighted by atomic mass is 16.6. The van der Waals surface area contributed by atoms with E-state index in [1.807, 2.05) is 20.8 Å². The maximum Gasteiger partial charge on any atom is 0.338 e. The summed E-state index contributed by atoms with van der Waals surface area (Å²) in [4.78, 5) is 33.2. The molecule has 1 atom stereocenters. The van der Waals surface area contributed by atoms with Crippen LogP contribution in [0, 0.1) is 16.0 Å². The van der Waals surface area contributed by atoms with Crippen LogP contribution in [0.15, 0.2) is 24.3 Å². The number of nitrogens with one attached hydrogen (secondary N) is 1. The summed E-state index contributed by atoms with van der Waals surface area (Å²) < 4.78 is 4.85. The zero-order chi connectivity index (χ0) is 16.0. The second kappa shape index (κ2) is 7.37. The minimum atomic E-state index is -0.697. The van der Waals surface area contributed by atoms with Crippen molar-refractivity contribution in [2.75, 3.05) is 6.61 Å². The van der Waals surface area contributed by atoms with Crippen molar-refractivity contribution in [3.63, 3.8) is 0 Å². The first kappa shape index (κ1) is 16.6. The minimum absolute atomic E-state index is 0.0180. The second-order valence-corrected chi connectivity index (χ2v) is 4.98. The van der Waals surface area contributed by atoms with Gasteiger partial charge in [-0.1, -0.05) is 13.8 Å². The van der Waals surface area contributed by atoms with E-state index in [1.165, 1.54) is 24.3 Å². The van der Waals surface area contributed by atoms with Crippen LogP contribution in [0.4, 0.5) is 5.69 Å². The highest BCUT2D eigenvalue weighted by Gasteiger charge is 2.14. The third kappa shape index (κ3) is 5.21. The van der Waals surface area contributed by atoms with Gasteiger partial charge in [0.15, 0.2) is 6.61 Å². The van der Waals surface area contributed by atoms with E-state index in [0.29, 0.717) is 0 Å². The Balaban J connectivity index is 2.50. The Morgan fingerprint density at radius 1 is 1.24 bits per heavy atom. The maximum absolute atomic E-state index is 11.7. The molecule has 7 heteroatoms. The van der Waals surface area contributed by atoms with Gasteiger partial charge in [-0.15, -0.1) is 0 Å². The number of carbonyl (C=O) groups is 2. The number of amides is 1. The van der Waals surface area contributed by atoms with Gasteiger partial charge in [0.2, 0.25) is 0 Å². The van der Waals surface area contributed by atoms with Gasteiger partial charge in [0.1, 0.15) is 0 Å². The van der Waals surface area contributed by atoms with Crippen LogP contribution in [-0.2, 0) is 9.53 Å². The molecule has 1 amide bonds. The standard InChI is InChI=1S/C14H18N2O5/c1-9(2)10(3)15-13(17)8-21-14(18)11-4-6-12(7-5-11)16(19)20/h4-7,9-10H,8H2,1-3H3,(H,15,17)/t10-/m1/s1. The number of nitro benzene ring substituents is 1. The fraction of sp³-hybridized carbons (Fsp3) is 0.429. The summed E-state index contributed by atoms with van der Waals surface area (Å²) in [7, 11) is 0. The number of benzene rings is 1. The Labute approximate surface area is 122 Å². The molecule has 0 bridgehead atoms. The Hall–Kier alpha value is -2.44. The molecule has 0 aliphatic heterocycles. The monoisotopic (exact) mass is 294 g/mol. The van der Waals surface area contributed by atoms with Crippen molar-refractivity contribution in [1.29, 1.82) is 0 Å². The van der Waals surface area contributed by atoms with Gasteiger partial charge >= 0.3 is 5.97 Å². The van der Waals surface area contributed by atoms with Crippen molar-refractivity contribution >= 4 is 17.6 Å². The number of ether oxygens (including phenoxy) is 1. The molecule has 114 valence electrons. The molecule has 0 aliphatic rings. The van der Waals surface area contributed by atoms with E-state index in [4.69, 9.17) is 4.74 Å². The average molecular weight is 294 g/mol. The highest BCUT2D eigenvalue weighted by Crippen LogP contribution is 2.12. The van der Waals surface area contributed by atoms with Crippen molar-refractivity contribution in [3.05, 3.63) is 39.9 Å². The average Bonchev–Trinajstić information content (AvgIpc) is 2.44. The van der Waals surface area contributed by atoms with E-state index < -0.39 is 10.9 Å². The number of carbonyl (C=O) groups excluding carboxylic acids is 2. The third-order valence-corrected chi connectivity index (χ3v) is 3.04. The number of hydrogen-bond donors (Lipinski definition) is 1. The van der Waals surface area contributed by atoms with E-state index in [0.717, 1.165) is 0 Å². The molecular formula is C14H18N2O5. The molecule has 1 aromatic carbocycles. The second-order valence-electron chi connectivity index (χ2n) is 4.98. The van der Waals surface area contributed by atoms with Crippen LogP contribution in [-0.4, -0.2) is 29.4 Å². The predicted octanol–water partition coefficient (Wildman–Crippen LogP) is 1.91. The molecule has 0 saturated carbocycles. The Kier molecular flexibility index (Phi) is 5.83. The van der Waals surface area contributed by atoms with Crippen molar-refractivity contribution in [2.24, 2.45) is 5.92 Å². The quantitative estimate of drug-likeness (QED) is 0.491. The first-order chi connectivity index (χ1) is 9.81. The molecule has 0 fully saturated rings. The molecule has 21 heavy (non-hydrogen) atoms. The first-order valence-electron chi connectivity index (χ1n) is 6.52. The molecule has 1 rings (SSSR count). The largest absolute Gasteiger partial charge is 0.452 e. The number of rotatable bonds is 6. The van der Waals surface area contributed by atoms with E-state index in [9.17, 15) is 19.7 Å². The summed E-state index contributed by atoms with van der Waals surface area (Å²) in [6.07, 6.45) is 0. The lowest BCUT2D eigenvalue weighted by atomic mass is 10.1. The molecule has 0 aliphatic carbocycles. The summed E-state index contributed by atoms with van der Waals surface area (Å²) in [5.41, 5.74) is 0.0420. The first-order valence-corrected chi connectivity index (χ1v) is 6.52. The van der Waals surface area contributed by atoms with Crippen molar-refractivity contribution in [1.82, 2.24) is 5.32 Å². The lowest BCUT2D eigenvalue weighted by Crippen LogP contribution is -2.38. The third-order valence-electron chi connectivity index (χ3n) is 3.04. The van der Waals surface area contributed by atoms with Crippen LogP contribution in [0.3, 0.4) is 0 Å². The molecule has 0 aromatic heterocycles. The van der Waals surface area contributed by atoms with Gasteiger partial charge in [-0.25, -0.2) is 4.79 Å². The van der Waals surface area contributed by atoms with Crippen molar-refractivity contribution < 1.29 is 19.2 Å². The van der Waals surface area contributed by atoms with Gasteiger partial charge in [0.25, 0.3) is 11.6 Å². The fourth-order valence-electron chi connectivity index (χ4n) is 1.40. The number of nitro groups is 1. The van der Waals surface area contributed by atoms with Gasteiger partial charge in [0.05, 0.1) is 10.5 Å². The van der Waals surface area contributed by atoms with Gasteiger partial charge in [-0.05, 0) is 25.0 Å². The van der Waals surface area contributed by atoms with Crippen LogP contribution in [0.1, 0.15) is 31.1 Å². The molecule has 0 radical (unpaired) electrons. The summed E-state index contributed by atoms with van der Waals surface area (Å²) in [6, 6.07) is 4.97. The summed E-state index contributed by atoms with van der Waals surface area (Å²) in [6.45, 7) is 5.41. The van der Waals surface area contributed by atoms with E-state index in [1.54, 1.807) is 0 Å². The molecule has 0 unspecified atom stereocenters. The van der Waals surface area contributed by atoms with Crippen LogP contribution in [0.5, 0.6) is 0 Å². The van der Waals surface area contributed by atoms with Gasteiger partial charge in [-0.2, -0.15) is 0 Å². The summed E-state index contributed by atoms with van der Waals surface area (Å²) >= 11 is 0. The maximum atomic E-state index is 11.7. The zero-order valence-electron chi connectivity index (χ0n) is 12.2. The van der Waals surface area contributed by atoms with Crippen LogP contribution < -0.4 is 5.32 Å². The normalized spacial score (nSPS) is 11.8. The van der Waals surface area contributed by atoms with E-state index in [-0.39, 0.29) is 35.7 Å². The van der Waals surface area contributed by atoms with Crippen LogP contribution in [0.25, 0.3) is 0 Å². The number of non-ortho nitro benzene ring substituents is 1. The molecular weight excluding hydrogens is 276 g/mol. The topological polar surface area (TPSA) is 98.5 Å². The Morgan fingerprint density at radius 2 is 1.81 bits per heavy atom. The van der Waals surface area contributed by atoms with E-state index >= 15 is 0 Å². The lowest BCUT2D eigenvalue weighted by molar-refractivity contribution is -0.384. The number of hydrogen-bond acceptors (Lipinski definition) is 5. The Bertz CT molecular complexity index is 525. The number of nitrogens with zero attached hydrogens (tertiary/aromatic N) is 1. The van der Waals surface area contributed by atoms with Crippen molar-refractivity contribution in [2.45, 2.75) is 26.8 Å². The van der Waals surface area contributed by atoms with Gasteiger partial charge in [-0.3, -0.25) is 14.9 Å². The predicted molar refractivity (Wildman–Crippen MR) is 75.8 cm³/mol. The summed E-state index contributed by atoms with van der Waals surface area (Å²) in [5, 5.41) is 13.2. The van der Waals surface area contributed by atoms with Crippen LogP contribution in [0.2, 0.25) is 0 Å². The Morgan fingerprint density at radius 3 is 2.29 bits per heavy atom. The smallest absolute Gasteiger partial charge is 0.338 e. The summed E-state index contributed by atoms with van der Waals surface area (Å²) in [5.74, 6) is -0.803. The fourth-order valence-corrected chi connectivity index (χ4v) is 1.40. The molecule has 1 N–H and O–H groups in total. The van der Waals surface area contributed by atoms with E-state index in [2.05, 4.69) is 5.32 Å². The molecule has 1 aromatic rings. The van der Waals surface area contributed by atoms with Gasteiger partial charge in [0, 0.05) is 18.2 Å². The molecule has 0 saturated heterocycles. The lowest BCUT2D eigenvalue weighted by Gasteiger charge is -2.17. The number of esters is 1. The van der Waals surface area contributed by atoms with Crippen LogP contribution >= 0.6 is 0 Å².